The maximum absolute atomic E-state index is 12.7. The Morgan fingerprint density at radius 3 is 2.64 bits per heavy atom. The van der Waals surface area contributed by atoms with Crippen LogP contribution in [0.5, 0.6) is 5.75 Å². The van der Waals surface area contributed by atoms with Crippen LogP contribution in [-0.2, 0) is 4.79 Å². The molecule has 0 spiro atoms. The number of nitrogens with one attached hydrogen (secondary N) is 1. The number of aromatic nitrogens is 1. The zero-order chi connectivity index (χ0) is 19.3. The van der Waals surface area contributed by atoms with Crippen molar-refractivity contribution in [2.24, 2.45) is 5.92 Å². The molecule has 28 heavy (non-hydrogen) atoms. The molecule has 1 N–H and O–H groups in total. The van der Waals surface area contributed by atoms with Crippen molar-refractivity contribution in [3.63, 3.8) is 0 Å². The molecule has 1 aliphatic carbocycles. The van der Waals surface area contributed by atoms with Crippen molar-refractivity contribution in [3.05, 3.63) is 18.2 Å². The average molecular weight is 402 g/mol. The van der Waals surface area contributed by atoms with Gasteiger partial charge in [-0.1, -0.05) is 37.0 Å². The fourth-order valence-corrected chi connectivity index (χ4v) is 5.41. The minimum Gasteiger partial charge on any atom is -0.494 e. The topological polar surface area (TPSA) is 54.5 Å². The van der Waals surface area contributed by atoms with E-state index in [1.807, 2.05) is 19.1 Å². The van der Waals surface area contributed by atoms with E-state index in [1.165, 1.54) is 25.7 Å². The van der Waals surface area contributed by atoms with Crippen LogP contribution in [0.4, 0.5) is 5.13 Å². The highest BCUT2D eigenvalue weighted by Crippen LogP contribution is 2.33. The monoisotopic (exact) mass is 401 g/mol. The van der Waals surface area contributed by atoms with Gasteiger partial charge in [-0.05, 0) is 50.8 Å². The summed E-state index contributed by atoms with van der Waals surface area (Å²) in [5, 5.41) is 4.40. The van der Waals surface area contributed by atoms with Gasteiger partial charge in [-0.3, -0.25) is 4.79 Å². The number of ether oxygens (including phenoxy) is 1. The number of amides is 1. The van der Waals surface area contributed by atoms with Crippen molar-refractivity contribution < 1.29 is 9.53 Å². The fourth-order valence-electron chi connectivity index (χ4n) is 4.36. The van der Waals surface area contributed by atoms with Crippen molar-refractivity contribution in [2.75, 3.05) is 24.6 Å². The van der Waals surface area contributed by atoms with E-state index in [9.17, 15) is 4.79 Å². The third kappa shape index (κ3) is 4.59. The lowest BCUT2D eigenvalue weighted by Gasteiger charge is -2.31. The molecule has 2 aliphatic rings. The second-order valence-corrected chi connectivity index (χ2v) is 9.03. The zero-order valence-electron chi connectivity index (χ0n) is 16.8. The molecule has 6 heteroatoms. The van der Waals surface area contributed by atoms with E-state index in [-0.39, 0.29) is 11.8 Å². The number of thiazole rings is 1. The fraction of sp³-hybridized carbons (Fsp3) is 0.636. The Kier molecular flexibility index (Phi) is 6.35. The van der Waals surface area contributed by atoms with Gasteiger partial charge in [-0.15, -0.1) is 0 Å². The summed E-state index contributed by atoms with van der Waals surface area (Å²) in [6, 6.07) is 6.50. The van der Waals surface area contributed by atoms with Crippen molar-refractivity contribution in [3.8, 4) is 5.75 Å². The lowest BCUT2D eigenvalue weighted by Crippen LogP contribution is -2.43. The molecule has 152 valence electrons. The molecule has 5 nitrogen and oxygen atoms in total. The van der Waals surface area contributed by atoms with Gasteiger partial charge < -0.3 is 15.0 Å². The third-order valence-electron chi connectivity index (χ3n) is 6.00. The molecule has 2 aromatic rings. The van der Waals surface area contributed by atoms with Gasteiger partial charge in [0.15, 0.2) is 5.13 Å². The van der Waals surface area contributed by atoms with Gasteiger partial charge in [0.2, 0.25) is 5.91 Å². The molecule has 1 aliphatic heterocycles. The van der Waals surface area contributed by atoms with Crippen LogP contribution in [0.3, 0.4) is 0 Å². The second-order valence-electron chi connectivity index (χ2n) is 8.02. The van der Waals surface area contributed by atoms with Gasteiger partial charge in [0.1, 0.15) is 5.75 Å². The second kappa shape index (κ2) is 9.12. The number of benzene rings is 1. The Labute approximate surface area is 171 Å². The SMILES string of the molecule is CCOc1ccc2nc(N3CCC(C(=O)NC4CCCCCC4)CC3)sc2c1. The molecular weight excluding hydrogens is 370 g/mol. The van der Waals surface area contributed by atoms with Crippen molar-refractivity contribution in [1.82, 2.24) is 10.3 Å². The number of anilines is 1. The number of fused-ring (bicyclic) bond motifs is 1. The van der Waals surface area contributed by atoms with Crippen LogP contribution in [0.1, 0.15) is 58.3 Å². The summed E-state index contributed by atoms with van der Waals surface area (Å²) in [6.45, 7) is 4.48. The van der Waals surface area contributed by atoms with Crippen LogP contribution in [0.25, 0.3) is 10.2 Å². The van der Waals surface area contributed by atoms with Gasteiger partial charge >= 0.3 is 0 Å². The van der Waals surface area contributed by atoms with Crippen LogP contribution < -0.4 is 15.0 Å². The first-order valence-electron chi connectivity index (χ1n) is 10.8. The zero-order valence-corrected chi connectivity index (χ0v) is 17.6. The Hall–Kier alpha value is -1.82. The molecule has 1 saturated carbocycles. The van der Waals surface area contributed by atoms with Crippen LogP contribution in [0.15, 0.2) is 18.2 Å². The summed E-state index contributed by atoms with van der Waals surface area (Å²) in [4.78, 5) is 19.8. The van der Waals surface area contributed by atoms with Gasteiger partial charge in [-0.25, -0.2) is 4.98 Å². The highest BCUT2D eigenvalue weighted by molar-refractivity contribution is 7.22. The standard InChI is InChI=1S/C22H31N3O2S/c1-2-27-18-9-10-19-20(15-18)28-22(24-19)25-13-11-16(12-14-25)21(26)23-17-7-5-3-4-6-8-17/h9-10,15-17H,2-8,11-14H2,1H3,(H,23,26). The number of carbonyl (C=O) groups is 1. The minimum atomic E-state index is 0.151. The van der Waals surface area contributed by atoms with E-state index in [2.05, 4.69) is 16.3 Å². The van der Waals surface area contributed by atoms with Crippen LogP contribution in [0, 0.1) is 5.92 Å². The molecule has 0 unspecified atom stereocenters. The number of hydrogen-bond donors (Lipinski definition) is 1. The van der Waals surface area contributed by atoms with E-state index in [0.717, 1.165) is 59.9 Å². The molecule has 1 aromatic carbocycles. The maximum Gasteiger partial charge on any atom is 0.223 e. The molecular formula is C22H31N3O2S. The first-order chi connectivity index (χ1) is 13.7. The van der Waals surface area contributed by atoms with Crippen LogP contribution in [0.2, 0.25) is 0 Å². The smallest absolute Gasteiger partial charge is 0.223 e. The Morgan fingerprint density at radius 2 is 1.93 bits per heavy atom. The molecule has 0 radical (unpaired) electrons. The largest absolute Gasteiger partial charge is 0.494 e. The van der Waals surface area contributed by atoms with E-state index in [1.54, 1.807) is 11.3 Å². The van der Waals surface area contributed by atoms with Crippen LogP contribution in [-0.4, -0.2) is 36.6 Å². The molecule has 4 rings (SSSR count). The molecule has 1 aromatic heterocycles. The average Bonchev–Trinajstić information content (AvgIpc) is 2.97. The quantitative estimate of drug-likeness (QED) is 0.735. The van der Waals surface area contributed by atoms with E-state index < -0.39 is 0 Å². The predicted octanol–water partition coefficient (Wildman–Crippen LogP) is 4.75. The Bertz CT molecular complexity index is 790. The number of nitrogens with zero attached hydrogens (tertiary/aromatic N) is 2. The van der Waals surface area contributed by atoms with E-state index >= 15 is 0 Å². The predicted molar refractivity (Wildman–Crippen MR) is 115 cm³/mol. The van der Waals surface area contributed by atoms with Gasteiger partial charge in [0, 0.05) is 25.0 Å². The molecule has 1 saturated heterocycles. The number of carbonyl (C=O) groups excluding carboxylic acids is 1. The number of hydrogen-bond acceptors (Lipinski definition) is 5. The van der Waals surface area contributed by atoms with Gasteiger partial charge in [0.25, 0.3) is 0 Å². The minimum absolute atomic E-state index is 0.151. The molecule has 2 heterocycles. The first kappa shape index (κ1) is 19.5. The summed E-state index contributed by atoms with van der Waals surface area (Å²) >= 11 is 1.72. The maximum atomic E-state index is 12.7. The lowest BCUT2D eigenvalue weighted by atomic mass is 9.95. The van der Waals surface area contributed by atoms with E-state index in [4.69, 9.17) is 9.72 Å². The van der Waals surface area contributed by atoms with Gasteiger partial charge in [-0.2, -0.15) is 0 Å². The highest BCUT2D eigenvalue weighted by Gasteiger charge is 2.28. The molecule has 0 atom stereocenters. The summed E-state index contributed by atoms with van der Waals surface area (Å²) < 4.78 is 6.76. The van der Waals surface area contributed by atoms with Gasteiger partial charge in [0.05, 0.1) is 16.8 Å². The molecule has 0 bridgehead atoms. The Balaban J connectivity index is 1.33. The summed E-state index contributed by atoms with van der Waals surface area (Å²) in [5.41, 5.74) is 1.02. The first-order valence-corrected chi connectivity index (χ1v) is 11.6. The third-order valence-corrected chi connectivity index (χ3v) is 7.08. The van der Waals surface area contributed by atoms with E-state index in [0.29, 0.717) is 12.6 Å². The summed E-state index contributed by atoms with van der Waals surface area (Å²) in [7, 11) is 0. The van der Waals surface area contributed by atoms with Crippen molar-refractivity contribution in [1.29, 1.82) is 0 Å². The summed E-state index contributed by atoms with van der Waals surface area (Å²) in [6.07, 6.45) is 9.29. The van der Waals surface area contributed by atoms with Crippen LogP contribution >= 0.6 is 11.3 Å². The molecule has 1 amide bonds. The molecule has 2 fully saturated rings. The Morgan fingerprint density at radius 1 is 1.18 bits per heavy atom. The van der Waals surface area contributed by atoms with Crippen molar-refractivity contribution in [2.45, 2.75) is 64.3 Å². The normalized spacial score (nSPS) is 19.5. The summed E-state index contributed by atoms with van der Waals surface area (Å²) in [5.74, 6) is 1.33. The lowest BCUT2D eigenvalue weighted by molar-refractivity contribution is -0.126. The highest BCUT2D eigenvalue weighted by atomic mass is 32.1. The van der Waals surface area contributed by atoms with Crippen molar-refractivity contribution >= 4 is 32.6 Å². The number of piperidine rings is 1. The number of rotatable bonds is 5.